The zero-order chi connectivity index (χ0) is 14.8. The van der Waals surface area contributed by atoms with E-state index in [9.17, 15) is 0 Å². The summed E-state index contributed by atoms with van der Waals surface area (Å²) >= 11 is 0. The van der Waals surface area contributed by atoms with Gasteiger partial charge in [0.1, 0.15) is 0 Å². The van der Waals surface area contributed by atoms with E-state index in [4.69, 9.17) is 0 Å². The molecule has 6 nitrogen and oxygen atoms in total. The number of hydrogen-bond acceptors (Lipinski definition) is 3. The Morgan fingerprint density at radius 2 is 1.42 bits per heavy atom. The number of aliphatic imine (C=N–C) groups is 2. The molecule has 0 aromatic carbocycles. The minimum atomic E-state index is 0.940. The molecule has 0 atom stereocenters. The maximum atomic E-state index is 4.27. The molecule has 0 saturated carbocycles. The van der Waals surface area contributed by atoms with Crippen molar-refractivity contribution in [2.24, 2.45) is 9.98 Å². The predicted molar refractivity (Wildman–Crippen MR) is 84.2 cm³/mol. The molecule has 1 N–H and O–H groups in total. The predicted octanol–water partition coefficient (Wildman–Crippen LogP) is 0.0352. The molecule has 0 radical (unpaired) electrons. The maximum absolute atomic E-state index is 4.27. The second-order valence-electron chi connectivity index (χ2n) is 4.78. The highest BCUT2D eigenvalue weighted by Gasteiger charge is 2.06. The Morgan fingerprint density at radius 1 is 0.895 bits per heavy atom. The van der Waals surface area contributed by atoms with Crippen molar-refractivity contribution in [1.82, 2.24) is 20.0 Å². The van der Waals surface area contributed by atoms with Crippen LogP contribution in [0.5, 0.6) is 0 Å². The van der Waals surface area contributed by atoms with E-state index < -0.39 is 0 Å². The number of rotatable bonds is 6. The topological polar surface area (TPSA) is 46.5 Å². The fraction of sp³-hybridized carbons (Fsp3) is 0.846. The van der Waals surface area contributed by atoms with E-state index in [1.165, 1.54) is 0 Å². The number of nitrogens with zero attached hydrogens (tertiary/aromatic N) is 5. The van der Waals surface area contributed by atoms with Gasteiger partial charge in [-0.15, -0.1) is 0 Å². The molecule has 112 valence electrons. The molecule has 0 rings (SSSR count). The summed E-state index contributed by atoms with van der Waals surface area (Å²) in [6.45, 7) is 5.83. The van der Waals surface area contributed by atoms with Crippen molar-refractivity contribution in [3.05, 3.63) is 0 Å². The first-order valence-electron chi connectivity index (χ1n) is 6.64. The van der Waals surface area contributed by atoms with Gasteiger partial charge >= 0.3 is 0 Å². The second-order valence-corrected chi connectivity index (χ2v) is 4.78. The van der Waals surface area contributed by atoms with Crippen LogP contribution in [0.4, 0.5) is 0 Å². The molecule has 0 aliphatic heterocycles. The van der Waals surface area contributed by atoms with Crippen LogP contribution in [0.2, 0.25) is 0 Å². The molecule has 6 heteroatoms. The van der Waals surface area contributed by atoms with Gasteiger partial charge in [-0.05, 0) is 6.92 Å². The number of amidine groups is 1. The Hall–Kier alpha value is -1.30. The van der Waals surface area contributed by atoms with Gasteiger partial charge in [0.05, 0.1) is 5.84 Å². The molecule has 0 aromatic heterocycles. The summed E-state index contributed by atoms with van der Waals surface area (Å²) in [6.07, 6.45) is 0. The van der Waals surface area contributed by atoms with Crippen molar-refractivity contribution in [3.63, 3.8) is 0 Å². The highest BCUT2D eigenvalue weighted by atomic mass is 15.3. The van der Waals surface area contributed by atoms with Crippen LogP contribution < -0.4 is 5.32 Å². The average molecular weight is 270 g/mol. The summed E-state index contributed by atoms with van der Waals surface area (Å²) in [4.78, 5) is 14.7. The zero-order valence-corrected chi connectivity index (χ0v) is 13.6. The number of guanidine groups is 1. The second kappa shape index (κ2) is 9.61. The molecule has 0 heterocycles. The molecule has 0 aliphatic rings. The summed E-state index contributed by atoms with van der Waals surface area (Å²) in [5.74, 6) is 2.06. The van der Waals surface area contributed by atoms with Gasteiger partial charge in [-0.2, -0.15) is 0 Å². The first-order valence-corrected chi connectivity index (χ1v) is 6.64. The van der Waals surface area contributed by atoms with E-state index >= 15 is 0 Å². The van der Waals surface area contributed by atoms with Crippen molar-refractivity contribution >= 4 is 11.8 Å². The molecule has 0 aromatic rings. The molecule has 19 heavy (non-hydrogen) atoms. The zero-order valence-electron chi connectivity index (χ0n) is 13.6. The Balaban J connectivity index is 3.81. The molecule has 0 amide bonds. The molecule has 0 spiro atoms. The van der Waals surface area contributed by atoms with E-state index in [1.807, 2.05) is 40.0 Å². The van der Waals surface area contributed by atoms with E-state index in [2.05, 4.69) is 39.2 Å². The lowest BCUT2D eigenvalue weighted by atomic mass is 10.4. The highest BCUT2D eigenvalue weighted by molar-refractivity contribution is 5.79. The van der Waals surface area contributed by atoms with Gasteiger partial charge in [0.15, 0.2) is 5.96 Å². The van der Waals surface area contributed by atoms with E-state index in [-0.39, 0.29) is 0 Å². The van der Waals surface area contributed by atoms with E-state index in [1.54, 1.807) is 0 Å². The Morgan fingerprint density at radius 3 is 1.84 bits per heavy atom. The van der Waals surface area contributed by atoms with Gasteiger partial charge in [0.2, 0.25) is 0 Å². The average Bonchev–Trinajstić information content (AvgIpc) is 2.37. The van der Waals surface area contributed by atoms with Gasteiger partial charge < -0.3 is 20.0 Å². The number of hydrogen-bond donors (Lipinski definition) is 1. The SMILES string of the molecule is C/N=C(/C)N(C)CCNCCN(C)/C(=N\C)N(C)C. The molecule has 0 bridgehead atoms. The number of nitrogens with one attached hydrogen (secondary N) is 1. The van der Waals surface area contributed by atoms with Crippen LogP contribution in [0.25, 0.3) is 0 Å². The normalized spacial score (nSPS) is 12.6. The highest BCUT2D eigenvalue weighted by Crippen LogP contribution is 1.90. The molecule has 0 unspecified atom stereocenters. The van der Waals surface area contributed by atoms with Gasteiger partial charge in [-0.1, -0.05) is 0 Å². The lowest BCUT2D eigenvalue weighted by molar-refractivity contribution is 0.407. The van der Waals surface area contributed by atoms with Gasteiger partial charge in [-0.25, -0.2) is 0 Å². The molecular weight excluding hydrogens is 240 g/mol. The van der Waals surface area contributed by atoms with Gasteiger partial charge in [0.25, 0.3) is 0 Å². The first kappa shape index (κ1) is 17.7. The monoisotopic (exact) mass is 270 g/mol. The van der Waals surface area contributed by atoms with Crippen LogP contribution in [0.1, 0.15) is 6.92 Å². The minimum Gasteiger partial charge on any atom is -0.362 e. The summed E-state index contributed by atoms with van der Waals surface area (Å²) in [7, 11) is 11.8. The van der Waals surface area contributed by atoms with E-state index in [0.29, 0.717) is 0 Å². The van der Waals surface area contributed by atoms with Crippen LogP contribution in [0, 0.1) is 0 Å². The summed E-state index contributed by atoms with van der Waals surface area (Å²) in [5, 5.41) is 3.43. The van der Waals surface area contributed by atoms with Crippen molar-refractivity contribution in [2.75, 3.05) is 68.5 Å². The van der Waals surface area contributed by atoms with Crippen LogP contribution in [0.3, 0.4) is 0 Å². The first-order chi connectivity index (χ1) is 8.93. The lowest BCUT2D eigenvalue weighted by Crippen LogP contribution is -2.42. The third-order valence-electron chi connectivity index (χ3n) is 3.07. The van der Waals surface area contributed by atoms with Crippen LogP contribution in [-0.2, 0) is 0 Å². The lowest BCUT2D eigenvalue weighted by Gasteiger charge is -2.26. The van der Waals surface area contributed by atoms with Crippen molar-refractivity contribution in [2.45, 2.75) is 6.92 Å². The smallest absolute Gasteiger partial charge is 0.195 e. The van der Waals surface area contributed by atoms with Crippen molar-refractivity contribution in [1.29, 1.82) is 0 Å². The molecular formula is C13H30N6. The Bertz CT molecular complexity index is 298. The fourth-order valence-corrected chi connectivity index (χ4v) is 1.76. The minimum absolute atomic E-state index is 0.940. The summed E-state index contributed by atoms with van der Waals surface area (Å²) < 4.78 is 0. The third kappa shape index (κ3) is 7.00. The largest absolute Gasteiger partial charge is 0.362 e. The Labute approximate surface area is 118 Å². The van der Waals surface area contributed by atoms with Gasteiger partial charge in [0, 0.05) is 68.5 Å². The van der Waals surface area contributed by atoms with Gasteiger partial charge in [-0.3, -0.25) is 9.98 Å². The summed E-state index contributed by atoms with van der Waals surface area (Å²) in [5.41, 5.74) is 0. The Kier molecular flexibility index (Phi) is 8.95. The van der Waals surface area contributed by atoms with Crippen molar-refractivity contribution < 1.29 is 0 Å². The third-order valence-corrected chi connectivity index (χ3v) is 3.07. The maximum Gasteiger partial charge on any atom is 0.195 e. The van der Waals surface area contributed by atoms with Crippen molar-refractivity contribution in [3.8, 4) is 0 Å². The summed E-state index contributed by atoms with van der Waals surface area (Å²) in [6, 6.07) is 0. The van der Waals surface area contributed by atoms with E-state index in [0.717, 1.165) is 38.0 Å². The van der Waals surface area contributed by atoms with Crippen LogP contribution in [0.15, 0.2) is 9.98 Å². The standard InChI is InChI=1S/C13H30N6/c1-12(14-2)18(6)10-8-16-9-11-19(7)13(15-3)17(4)5/h16H,8-11H2,1-7H3/b14-12-,15-13-. The molecule has 0 aliphatic carbocycles. The molecule has 0 saturated heterocycles. The quantitative estimate of drug-likeness (QED) is 0.420. The molecule has 0 fully saturated rings. The van der Waals surface area contributed by atoms with Crippen LogP contribution in [-0.4, -0.2) is 95.0 Å². The van der Waals surface area contributed by atoms with Crippen LogP contribution >= 0.6 is 0 Å². The fourth-order valence-electron chi connectivity index (χ4n) is 1.76. The number of likely N-dealkylation sites (N-methyl/N-ethyl adjacent to an activating group) is 2.